The Hall–Kier alpha value is -2.37. The Bertz CT molecular complexity index is 942. The summed E-state index contributed by atoms with van der Waals surface area (Å²) < 4.78 is 30.1. The zero-order valence-electron chi connectivity index (χ0n) is 19.6. The highest BCUT2D eigenvalue weighted by Gasteiger charge is 2.52. The molecule has 186 valence electrons. The van der Waals surface area contributed by atoms with E-state index in [0.29, 0.717) is 38.4 Å². The van der Waals surface area contributed by atoms with Gasteiger partial charge in [-0.2, -0.15) is 4.39 Å². The number of rotatable bonds is 4. The van der Waals surface area contributed by atoms with E-state index in [1.165, 1.54) is 13.1 Å². The van der Waals surface area contributed by atoms with Crippen LogP contribution in [0.4, 0.5) is 14.5 Å². The first kappa shape index (κ1) is 23.4. The van der Waals surface area contributed by atoms with E-state index in [4.69, 9.17) is 0 Å². The lowest BCUT2D eigenvalue weighted by Gasteiger charge is -2.49. The standard InChI is InChI=1S/C23H33F2N7O2/c1-13-11-18-23(34)28-20-16(32(18)29-13)5-3-14(19(20)24)12-30-7-9-31(10-8-30)17-6-4-15(22(33)26-2)27-21(17)25/h4,6,13-14,16,18-20,29H,3,5,7-12H2,1-2H3,(H,26,33)(H,28,34). The molecule has 0 spiro atoms. The van der Waals surface area contributed by atoms with Crippen LogP contribution in [0.15, 0.2) is 12.1 Å². The molecule has 1 aromatic rings. The van der Waals surface area contributed by atoms with Crippen molar-refractivity contribution in [3.8, 4) is 0 Å². The summed E-state index contributed by atoms with van der Waals surface area (Å²) in [7, 11) is 1.48. The molecule has 0 radical (unpaired) electrons. The topological polar surface area (TPSA) is 92.8 Å². The fourth-order valence-electron chi connectivity index (χ4n) is 6.00. The normalized spacial score (nSPS) is 34.4. The number of anilines is 1. The molecule has 1 aliphatic carbocycles. The van der Waals surface area contributed by atoms with Crippen molar-refractivity contribution in [3.63, 3.8) is 0 Å². The Kier molecular flexibility index (Phi) is 6.43. The zero-order chi connectivity index (χ0) is 24.0. The van der Waals surface area contributed by atoms with Crippen molar-refractivity contribution in [2.45, 2.75) is 56.5 Å². The molecule has 3 N–H and O–H groups in total. The van der Waals surface area contributed by atoms with Crippen molar-refractivity contribution in [2.75, 3.05) is 44.7 Å². The highest BCUT2D eigenvalue weighted by molar-refractivity contribution is 5.92. The number of piperazine rings is 2. The molecule has 0 bridgehead atoms. The van der Waals surface area contributed by atoms with Crippen molar-refractivity contribution < 1.29 is 18.4 Å². The summed E-state index contributed by atoms with van der Waals surface area (Å²) in [4.78, 5) is 32.2. The monoisotopic (exact) mass is 477 g/mol. The smallest absolute Gasteiger partial charge is 0.269 e. The Labute approximate surface area is 198 Å². The molecule has 2 amide bonds. The number of pyridine rings is 1. The second-order valence-electron chi connectivity index (χ2n) is 9.95. The van der Waals surface area contributed by atoms with E-state index < -0.39 is 24.1 Å². The van der Waals surface area contributed by atoms with E-state index in [1.54, 1.807) is 6.07 Å². The Morgan fingerprint density at radius 3 is 2.71 bits per heavy atom. The molecular formula is C23H33F2N7O2. The third-order valence-electron chi connectivity index (χ3n) is 7.79. The fraction of sp³-hybridized carbons (Fsp3) is 0.696. The molecule has 4 heterocycles. The van der Waals surface area contributed by atoms with Gasteiger partial charge in [0.2, 0.25) is 11.9 Å². The first-order valence-corrected chi connectivity index (χ1v) is 12.2. The van der Waals surface area contributed by atoms with Crippen molar-refractivity contribution in [1.29, 1.82) is 0 Å². The van der Waals surface area contributed by atoms with Gasteiger partial charge in [0.05, 0.1) is 11.7 Å². The number of fused-ring (bicyclic) bond motifs is 3. The number of nitrogens with zero attached hydrogens (tertiary/aromatic N) is 4. The van der Waals surface area contributed by atoms with Crippen LogP contribution in [0.2, 0.25) is 0 Å². The van der Waals surface area contributed by atoms with Crippen molar-refractivity contribution in [3.05, 3.63) is 23.8 Å². The maximum absolute atomic E-state index is 15.6. The van der Waals surface area contributed by atoms with Gasteiger partial charge in [-0.25, -0.2) is 14.4 Å². The quantitative estimate of drug-likeness (QED) is 0.537. The second kappa shape index (κ2) is 9.35. The molecule has 1 saturated carbocycles. The molecule has 0 aromatic carbocycles. The highest BCUT2D eigenvalue weighted by atomic mass is 19.1. The summed E-state index contributed by atoms with van der Waals surface area (Å²) in [6.07, 6.45) is 1.28. The van der Waals surface area contributed by atoms with Gasteiger partial charge in [0.15, 0.2) is 0 Å². The minimum atomic E-state index is -1.10. The van der Waals surface area contributed by atoms with Crippen LogP contribution in [0, 0.1) is 11.9 Å². The molecule has 4 aliphatic rings. The maximum atomic E-state index is 15.6. The van der Waals surface area contributed by atoms with Crippen molar-refractivity contribution >= 4 is 17.5 Å². The summed E-state index contributed by atoms with van der Waals surface area (Å²) in [6.45, 7) is 5.25. The number of hydrazine groups is 1. The van der Waals surface area contributed by atoms with E-state index in [0.717, 1.165) is 19.3 Å². The SMILES string of the molecule is CNC(=O)c1ccc(N2CCN(CC3CCC4C(NC(=O)C5CC(C)NN54)C3F)CC2)c(F)n1. The lowest BCUT2D eigenvalue weighted by atomic mass is 9.78. The number of alkyl halides is 1. The van der Waals surface area contributed by atoms with E-state index in [2.05, 4.69) is 32.9 Å². The van der Waals surface area contributed by atoms with Gasteiger partial charge >= 0.3 is 0 Å². The van der Waals surface area contributed by atoms with Crippen LogP contribution in [-0.4, -0.2) is 96.8 Å². The molecule has 3 aliphatic heterocycles. The molecule has 4 fully saturated rings. The summed E-state index contributed by atoms with van der Waals surface area (Å²) in [5.74, 6) is -1.30. The number of amides is 2. The predicted molar refractivity (Wildman–Crippen MR) is 122 cm³/mol. The summed E-state index contributed by atoms with van der Waals surface area (Å²) >= 11 is 0. The molecule has 1 aromatic heterocycles. The van der Waals surface area contributed by atoms with Gasteiger partial charge in [-0.3, -0.25) is 19.9 Å². The van der Waals surface area contributed by atoms with Crippen LogP contribution < -0.4 is 21.0 Å². The Balaban J connectivity index is 1.17. The average molecular weight is 478 g/mol. The number of carbonyl (C=O) groups excluding carboxylic acids is 2. The van der Waals surface area contributed by atoms with Gasteiger partial charge in [0, 0.05) is 57.8 Å². The third-order valence-corrected chi connectivity index (χ3v) is 7.79. The molecule has 6 unspecified atom stereocenters. The van der Waals surface area contributed by atoms with E-state index >= 15 is 4.39 Å². The van der Waals surface area contributed by atoms with Crippen LogP contribution in [-0.2, 0) is 4.79 Å². The van der Waals surface area contributed by atoms with E-state index in [9.17, 15) is 14.0 Å². The number of hydrogen-bond acceptors (Lipinski definition) is 7. The second-order valence-corrected chi connectivity index (χ2v) is 9.95. The van der Waals surface area contributed by atoms with Crippen LogP contribution >= 0.6 is 0 Å². The lowest BCUT2D eigenvalue weighted by Crippen LogP contribution is -2.70. The van der Waals surface area contributed by atoms with Crippen LogP contribution in [0.5, 0.6) is 0 Å². The number of aromatic nitrogens is 1. The van der Waals surface area contributed by atoms with Crippen LogP contribution in [0.1, 0.15) is 36.7 Å². The zero-order valence-corrected chi connectivity index (χ0v) is 19.6. The number of hydrogen-bond donors (Lipinski definition) is 3. The van der Waals surface area contributed by atoms with Gasteiger partial charge in [0.1, 0.15) is 17.9 Å². The molecule has 3 saturated heterocycles. The summed E-state index contributed by atoms with van der Waals surface area (Å²) in [5, 5.41) is 7.43. The minimum absolute atomic E-state index is 0.0102. The van der Waals surface area contributed by atoms with Gasteiger partial charge in [-0.05, 0) is 38.3 Å². The van der Waals surface area contributed by atoms with E-state index in [-0.39, 0.29) is 35.6 Å². The molecule has 11 heteroatoms. The fourth-order valence-corrected chi connectivity index (χ4v) is 6.00. The largest absolute Gasteiger partial charge is 0.365 e. The van der Waals surface area contributed by atoms with Gasteiger partial charge in [-0.1, -0.05) is 0 Å². The lowest BCUT2D eigenvalue weighted by molar-refractivity contribution is -0.138. The Morgan fingerprint density at radius 2 is 2.00 bits per heavy atom. The van der Waals surface area contributed by atoms with E-state index in [1.807, 2.05) is 9.91 Å². The van der Waals surface area contributed by atoms with Crippen LogP contribution in [0.3, 0.4) is 0 Å². The summed E-state index contributed by atoms with van der Waals surface area (Å²) in [6, 6.07) is 2.64. The third kappa shape index (κ3) is 4.25. The molecule has 6 atom stereocenters. The minimum Gasteiger partial charge on any atom is -0.365 e. The average Bonchev–Trinajstić information content (AvgIpc) is 3.24. The van der Waals surface area contributed by atoms with Crippen molar-refractivity contribution in [1.82, 2.24) is 31.0 Å². The van der Waals surface area contributed by atoms with Gasteiger partial charge < -0.3 is 15.5 Å². The molecule has 34 heavy (non-hydrogen) atoms. The first-order valence-electron chi connectivity index (χ1n) is 12.2. The van der Waals surface area contributed by atoms with Gasteiger partial charge in [0.25, 0.3) is 5.91 Å². The van der Waals surface area contributed by atoms with Gasteiger partial charge in [-0.15, -0.1) is 0 Å². The number of carbonyl (C=O) groups is 2. The first-order chi connectivity index (χ1) is 16.4. The maximum Gasteiger partial charge on any atom is 0.269 e. The van der Waals surface area contributed by atoms with Crippen molar-refractivity contribution in [2.24, 2.45) is 5.92 Å². The molecule has 9 nitrogen and oxygen atoms in total. The highest BCUT2D eigenvalue weighted by Crippen LogP contribution is 2.36. The number of halogens is 2. The van der Waals surface area contributed by atoms with Crippen LogP contribution in [0.25, 0.3) is 0 Å². The molecule has 5 rings (SSSR count). The Morgan fingerprint density at radius 1 is 1.24 bits per heavy atom. The number of nitrogens with one attached hydrogen (secondary N) is 3. The molecular weight excluding hydrogens is 444 g/mol. The summed E-state index contributed by atoms with van der Waals surface area (Å²) in [5.41, 5.74) is 3.80. The predicted octanol–water partition coefficient (Wildman–Crippen LogP) is 0.285.